The van der Waals surface area contributed by atoms with Crippen molar-refractivity contribution in [3.63, 3.8) is 0 Å². The van der Waals surface area contributed by atoms with Crippen LogP contribution in [-0.4, -0.2) is 0 Å². The van der Waals surface area contributed by atoms with Gasteiger partial charge < -0.3 is 24.5 Å². The van der Waals surface area contributed by atoms with Gasteiger partial charge in [-0.15, -0.1) is 11.3 Å². The monoisotopic (exact) mass is 2200 g/mol. The third-order valence-corrected chi connectivity index (χ3v) is 28.9. The number of hydrogen-bond acceptors (Lipinski definition) is 6. The fourth-order valence-electron chi connectivity index (χ4n) is 18.4. The second-order valence-corrected chi connectivity index (χ2v) is 40.1. The Morgan fingerprint density at radius 3 is 0.903 bits per heavy atom. The molecular weight excluding hydrogens is 2110 g/mol. The quantitative estimate of drug-likeness (QED) is 0.0754. The molecule has 0 atom stereocenters. The van der Waals surface area contributed by atoms with Gasteiger partial charge >= 0.3 is 0 Å². The Bertz CT molecular complexity index is 8310. The molecule has 0 aliphatic heterocycles. The van der Waals surface area contributed by atoms with Gasteiger partial charge in [0.2, 0.25) is 0 Å². The summed E-state index contributed by atoms with van der Waals surface area (Å²) in [5, 5.41) is 7.55. The summed E-state index contributed by atoms with van der Waals surface area (Å²) in [7, 11) is 0. The minimum atomic E-state index is 1.08. The normalized spacial score (nSPS) is 10.8. The maximum Gasteiger partial charge on any atom is 0.0540 e. The van der Waals surface area contributed by atoms with Crippen molar-refractivity contribution in [2.45, 2.75) is 0 Å². The van der Waals surface area contributed by atoms with Crippen LogP contribution in [0.3, 0.4) is 0 Å². The molecule has 145 heavy (non-hydrogen) atoms. The summed E-state index contributed by atoms with van der Waals surface area (Å²) < 4.78 is 8.07. The zero-order chi connectivity index (χ0) is 98.4. The van der Waals surface area contributed by atoms with Gasteiger partial charge in [-0.1, -0.05) is 431 Å². The van der Waals surface area contributed by atoms with Crippen LogP contribution in [0.2, 0.25) is 0 Å². The Kier molecular flexibility index (Phi) is 31.3. The SMILES string of the molecule is Brc1cccc(-c2ccc(N(c3ccc4ccccc4c3)c3ccc4c(c3)sc3ccccc34)cc2)c1.Brc1cccc(-c2cccc(N(c3ccccc3)c3ccccc3)c2)c1.Brc1cccc(-c2ccccc2-c2cccc(N(c3ccccc3)c3ccccc3)c2)c1.Brc1cccc(-c2ccccc2N(c2ccccc2)c2ccccc2)c1.Brc1cccc2c(N(c3ccccc3)c3ccccc3)cccc12. The van der Waals surface area contributed by atoms with Gasteiger partial charge in [0.25, 0.3) is 0 Å². The maximum atomic E-state index is 3.67. The van der Waals surface area contributed by atoms with Gasteiger partial charge in [0.15, 0.2) is 0 Å². The van der Waals surface area contributed by atoms with E-state index in [2.05, 4.69) is 644 Å². The molecule has 0 aliphatic rings. The molecule has 11 heteroatoms. The third-order valence-electron chi connectivity index (χ3n) is 25.1. The van der Waals surface area contributed by atoms with Crippen LogP contribution in [-0.2, 0) is 0 Å². The number of thiophene rings is 1. The molecule has 0 bridgehead atoms. The summed E-state index contributed by atoms with van der Waals surface area (Å²) >= 11 is 19.9. The number of para-hydroxylation sites is 9. The molecule has 1 heterocycles. The van der Waals surface area contributed by atoms with Crippen molar-refractivity contribution >= 4 is 218 Å². The lowest BCUT2D eigenvalue weighted by Crippen LogP contribution is -2.10. The van der Waals surface area contributed by atoms with Crippen LogP contribution in [0.5, 0.6) is 0 Å². The average molecular weight is 2210 g/mol. The van der Waals surface area contributed by atoms with Crippen molar-refractivity contribution in [2.75, 3.05) is 24.5 Å². The van der Waals surface area contributed by atoms with Crippen LogP contribution in [0.4, 0.5) is 85.3 Å². The Morgan fingerprint density at radius 1 is 0.138 bits per heavy atom. The van der Waals surface area contributed by atoms with E-state index in [1.807, 2.05) is 53.8 Å². The van der Waals surface area contributed by atoms with Crippen molar-refractivity contribution in [3.8, 4) is 55.6 Å². The highest BCUT2D eigenvalue weighted by Crippen LogP contribution is 2.48. The molecule has 5 nitrogen and oxygen atoms in total. The van der Waals surface area contributed by atoms with Crippen LogP contribution in [0, 0.1) is 0 Å². The van der Waals surface area contributed by atoms with Gasteiger partial charge in [0.05, 0.1) is 11.4 Å². The number of benzene rings is 23. The second kappa shape index (κ2) is 46.9. The summed E-state index contributed by atoms with van der Waals surface area (Å²) in [5.41, 5.74) is 29.2. The van der Waals surface area contributed by atoms with Gasteiger partial charge in [0, 0.05) is 127 Å². The molecule has 0 unspecified atom stereocenters. The number of anilines is 15. The van der Waals surface area contributed by atoms with Crippen molar-refractivity contribution in [1.82, 2.24) is 0 Å². The first-order valence-electron chi connectivity index (χ1n) is 48.0. The van der Waals surface area contributed by atoms with Crippen LogP contribution >= 0.6 is 91.0 Å². The predicted octanol–water partition coefficient (Wildman–Crippen LogP) is 42.6. The van der Waals surface area contributed by atoms with Gasteiger partial charge in [-0.05, 0) is 297 Å². The lowest BCUT2D eigenvalue weighted by atomic mass is 9.94. The molecule has 698 valence electrons. The molecule has 24 rings (SSSR count). The van der Waals surface area contributed by atoms with Crippen LogP contribution in [0.15, 0.2) is 605 Å². The van der Waals surface area contributed by atoms with E-state index in [4.69, 9.17) is 0 Å². The van der Waals surface area contributed by atoms with E-state index in [9.17, 15) is 0 Å². The lowest BCUT2D eigenvalue weighted by Gasteiger charge is -2.27. The van der Waals surface area contributed by atoms with Gasteiger partial charge in [0.1, 0.15) is 0 Å². The van der Waals surface area contributed by atoms with Crippen molar-refractivity contribution < 1.29 is 0 Å². The minimum absolute atomic E-state index is 1.08. The van der Waals surface area contributed by atoms with Gasteiger partial charge in [-0.2, -0.15) is 0 Å². The Balaban J connectivity index is 0.000000111. The van der Waals surface area contributed by atoms with E-state index in [-0.39, 0.29) is 0 Å². The molecule has 0 saturated heterocycles. The van der Waals surface area contributed by atoms with Crippen molar-refractivity contribution in [3.05, 3.63) is 605 Å². The van der Waals surface area contributed by atoms with Crippen LogP contribution < -0.4 is 24.5 Å². The van der Waals surface area contributed by atoms with E-state index in [0.717, 1.165) is 102 Å². The van der Waals surface area contributed by atoms with Crippen LogP contribution in [0.1, 0.15) is 0 Å². The summed E-state index contributed by atoms with van der Waals surface area (Å²) in [6.07, 6.45) is 0. The van der Waals surface area contributed by atoms with Crippen molar-refractivity contribution in [2.24, 2.45) is 0 Å². The highest BCUT2D eigenvalue weighted by molar-refractivity contribution is 9.11. The molecule has 0 N–H and O–H groups in total. The average Bonchev–Trinajstić information content (AvgIpc) is 1.59. The van der Waals surface area contributed by atoms with Gasteiger partial charge in [-0.3, -0.25) is 0 Å². The maximum absolute atomic E-state index is 3.67. The second-order valence-electron chi connectivity index (χ2n) is 34.5. The lowest BCUT2D eigenvalue weighted by molar-refractivity contribution is 1.28. The minimum Gasteiger partial charge on any atom is -0.310 e. The largest absolute Gasteiger partial charge is 0.310 e. The number of halogens is 5. The molecule has 1 aromatic heterocycles. The van der Waals surface area contributed by atoms with Crippen molar-refractivity contribution in [1.29, 1.82) is 0 Å². The summed E-state index contributed by atoms with van der Waals surface area (Å²) in [6.45, 7) is 0. The van der Waals surface area contributed by atoms with E-state index < -0.39 is 0 Å². The van der Waals surface area contributed by atoms with Crippen LogP contribution in [0.25, 0.3) is 97.4 Å². The van der Waals surface area contributed by atoms with E-state index in [1.54, 1.807) is 0 Å². The molecule has 0 saturated carbocycles. The Labute approximate surface area is 894 Å². The zero-order valence-corrected chi connectivity index (χ0v) is 87.7. The fourth-order valence-corrected chi connectivity index (χ4v) is 21.7. The smallest absolute Gasteiger partial charge is 0.0540 e. The third kappa shape index (κ3) is 23.3. The predicted molar refractivity (Wildman–Crippen MR) is 639 cm³/mol. The number of nitrogens with zero attached hydrogens (tertiary/aromatic N) is 5. The summed E-state index contributed by atoms with van der Waals surface area (Å²) in [4.78, 5) is 11.5. The molecule has 0 aliphatic carbocycles. The highest BCUT2D eigenvalue weighted by atomic mass is 79.9. The number of hydrogen-bond donors (Lipinski definition) is 0. The van der Waals surface area contributed by atoms with E-state index in [1.165, 1.54) is 103 Å². The Morgan fingerprint density at radius 2 is 0.421 bits per heavy atom. The zero-order valence-electron chi connectivity index (χ0n) is 79.0. The summed E-state index contributed by atoms with van der Waals surface area (Å²) in [5.74, 6) is 0. The molecule has 24 aromatic rings. The standard InChI is InChI=1S/C34H22BrNS.C30H22BrN.2C24H18BrN.C22H16BrN/c35-27-9-5-8-25(20-27)24-12-15-28(16-13-24)36(29-17-14-23-6-1-2-7-26(23)21-29)30-18-19-32-31-10-3-4-11-33(31)37-34(32)22-30;31-25-13-9-11-23(21-25)29-19-7-8-20-30(29)24-12-10-18-28(22-24)32(26-14-3-1-4-15-26)27-16-5-2-6-17-27;25-21-11-7-9-19(17-21)20-10-8-16-24(18-20)26(22-12-3-1-4-13-22)23-14-5-2-6-15-23;25-20-11-9-10-19(18-20)23-16-7-8-17-24(23)26(21-12-3-1-4-13-21)22-14-5-2-6-15-22;23-21-15-7-14-20-19(21)13-8-16-22(20)24(17-9-3-1-4-10-17)18-11-5-2-6-12-18/h1-22H;1-22H;2*1-18H;1-16H. The number of fused-ring (bicyclic) bond motifs is 5. The first-order chi connectivity index (χ1) is 71.5. The summed E-state index contributed by atoms with van der Waals surface area (Å²) in [6, 6.07) is 205. The Hall–Kier alpha value is -15.8. The van der Waals surface area contributed by atoms with E-state index in [0.29, 0.717) is 0 Å². The molecule has 0 spiro atoms. The van der Waals surface area contributed by atoms with Gasteiger partial charge in [-0.25, -0.2) is 0 Å². The fraction of sp³-hybridized carbons (Fsp3) is 0. The molecular formula is C134H96Br5N5S. The topological polar surface area (TPSA) is 16.2 Å². The molecule has 0 radical (unpaired) electrons. The number of rotatable bonds is 20. The highest BCUT2D eigenvalue weighted by Gasteiger charge is 2.23. The molecule has 23 aromatic carbocycles. The molecule has 0 amide bonds. The first-order valence-corrected chi connectivity index (χ1v) is 52.8. The molecule has 0 fully saturated rings. The van der Waals surface area contributed by atoms with E-state index >= 15 is 0 Å². The first kappa shape index (κ1) is 96.7.